The number of carbonyl (C=O) groups excluding carboxylic acids is 1. The van der Waals surface area contributed by atoms with Gasteiger partial charge in [0.1, 0.15) is 0 Å². The van der Waals surface area contributed by atoms with Gasteiger partial charge < -0.3 is 5.73 Å². The molecule has 1 amide bonds. The van der Waals surface area contributed by atoms with Crippen LogP contribution in [0.1, 0.15) is 10.4 Å². The molecule has 2 N–H and O–H groups in total. The molecule has 2 rings (SSSR count). The molecule has 86 valence electrons. The lowest BCUT2D eigenvalue weighted by molar-refractivity contribution is 0.100. The summed E-state index contributed by atoms with van der Waals surface area (Å²) in [5.74, 6) is -0.433. The van der Waals surface area contributed by atoms with Crippen LogP contribution >= 0.6 is 31.9 Å². The Balaban J connectivity index is 2.74. The van der Waals surface area contributed by atoms with Gasteiger partial charge in [-0.25, -0.2) is 0 Å². The van der Waals surface area contributed by atoms with Crippen molar-refractivity contribution in [1.82, 2.24) is 0 Å². The number of amides is 1. The summed E-state index contributed by atoms with van der Waals surface area (Å²) in [5, 5.41) is 0. The first-order valence-electron chi connectivity index (χ1n) is 4.94. The molecule has 2 nitrogen and oxygen atoms in total. The third-order valence-corrected chi connectivity index (χ3v) is 4.44. The molecular weight excluding hydrogens is 346 g/mol. The van der Waals surface area contributed by atoms with E-state index < -0.39 is 5.91 Å². The zero-order valence-electron chi connectivity index (χ0n) is 8.78. The smallest absolute Gasteiger partial charge is 0.249 e. The van der Waals surface area contributed by atoms with Crippen LogP contribution < -0.4 is 5.73 Å². The summed E-state index contributed by atoms with van der Waals surface area (Å²) in [7, 11) is 0. The van der Waals surface area contributed by atoms with Crippen LogP contribution in [-0.2, 0) is 0 Å². The molecule has 2 aromatic rings. The van der Waals surface area contributed by atoms with Crippen LogP contribution in [-0.4, -0.2) is 5.91 Å². The van der Waals surface area contributed by atoms with Crippen molar-refractivity contribution in [1.29, 1.82) is 0 Å². The monoisotopic (exact) mass is 353 g/mol. The molecule has 0 saturated carbocycles. The normalized spacial score (nSPS) is 10.2. The first kappa shape index (κ1) is 12.3. The summed E-state index contributed by atoms with van der Waals surface area (Å²) in [6, 6.07) is 13.2. The van der Waals surface area contributed by atoms with E-state index in [-0.39, 0.29) is 0 Å². The molecule has 0 aromatic heterocycles. The number of benzene rings is 2. The van der Waals surface area contributed by atoms with Crippen LogP contribution in [0, 0.1) is 0 Å². The molecule has 0 spiro atoms. The largest absolute Gasteiger partial charge is 0.366 e. The highest BCUT2D eigenvalue weighted by atomic mass is 79.9. The summed E-state index contributed by atoms with van der Waals surface area (Å²) in [5.41, 5.74) is 7.67. The molecular formula is C13H9Br2NO. The van der Waals surface area contributed by atoms with Gasteiger partial charge in [0, 0.05) is 20.1 Å². The molecule has 0 heterocycles. The molecule has 0 atom stereocenters. The summed E-state index contributed by atoms with van der Waals surface area (Å²) < 4.78 is 1.72. The molecule has 0 bridgehead atoms. The summed E-state index contributed by atoms with van der Waals surface area (Å²) in [6.45, 7) is 0. The summed E-state index contributed by atoms with van der Waals surface area (Å²) in [6.07, 6.45) is 0. The summed E-state index contributed by atoms with van der Waals surface area (Å²) >= 11 is 6.91. The van der Waals surface area contributed by atoms with E-state index in [0.29, 0.717) is 5.56 Å². The lowest BCUT2D eigenvalue weighted by Gasteiger charge is -2.11. The zero-order valence-corrected chi connectivity index (χ0v) is 12.0. The third kappa shape index (κ3) is 2.42. The van der Waals surface area contributed by atoms with Gasteiger partial charge in [-0.15, -0.1) is 0 Å². The minimum absolute atomic E-state index is 0.433. The summed E-state index contributed by atoms with van der Waals surface area (Å²) in [4.78, 5) is 11.4. The van der Waals surface area contributed by atoms with Crippen molar-refractivity contribution in [3.8, 4) is 11.1 Å². The Morgan fingerprint density at radius 2 is 1.65 bits per heavy atom. The Bertz CT molecular complexity index is 567. The SMILES string of the molecule is NC(=O)c1ccc(Br)c(Br)c1-c1ccccc1. The number of halogens is 2. The fraction of sp³-hybridized carbons (Fsp3) is 0. The van der Waals surface area contributed by atoms with Gasteiger partial charge in [-0.05, 0) is 49.6 Å². The van der Waals surface area contributed by atoms with Crippen LogP contribution in [0.4, 0.5) is 0 Å². The second-order valence-electron chi connectivity index (χ2n) is 3.51. The lowest BCUT2D eigenvalue weighted by atomic mass is 9.99. The minimum atomic E-state index is -0.433. The lowest BCUT2D eigenvalue weighted by Crippen LogP contribution is -2.12. The molecule has 0 aliphatic rings. The Morgan fingerprint density at radius 1 is 1.00 bits per heavy atom. The Kier molecular flexibility index (Phi) is 3.64. The molecule has 0 fully saturated rings. The van der Waals surface area contributed by atoms with Crippen LogP contribution in [0.3, 0.4) is 0 Å². The van der Waals surface area contributed by atoms with Crippen LogP contribution in [0.15, 0.2) is 51.4 Å². The Labute approximate surface area is 116 Å². The third-order valence-electron chi connectivity index (χ3n) is 2.42. The maximum atomic E-state index is 11.4. The van der Waals surface area contributed by atoms with E-state index in [1.165, 1.54) is 0 Å². The number of rotatable bonds is 2. The molecule has 0 unspecified atom stereocenters. The number of hydrogen-bond donors (Lipinski definition) is 1. The van der Waals surface area contributed by atoms with Crippen LogP contribution in [0.2, 0.25) is 0 Å². The second kappa shape index (κ2) is 5.02. The van der Waals surface area contributed by atoms with E-state index in [1.807, 2.05) is 30.3 Å². The maximum Gasteiger partial charge on any atom is 0.249 e. The van der Waals surface area contributed by atoms with Gasteiger partial charge in [0.05, 0.1) is 0 Å². The van der Waals surface area contributed by atoms with Crippen LogP contribution in [0.25, 0.3) is 11.1 Å². The van der Waals surface area contributed by atoms with Gasteiger partial charge in [0.25, 0.3) is 0 Å². The number of nitrogens with two attached hydrogens (primary N) is 1. The standard InChI is InChI=1S/C13H9Br2NO/c14-10-7-6-9(13(16)17)11(12(10)15)8-4-2-1-3-5-8/h1-7H,(H2,16,17). The van der Waals surface area contributed by atoms with Gasteiger partial charge in [-0.2, -0.15) is 0 Å². The Morgan fingerprint density at radius 3 is 2.24 bits per heavy atom. The molecule has 0 saturated heterocycles. The molecule has 0 aliphatic carbocycles. The van der Waals surface area contributed by atoms with Crippen molar-refractivity contribution in [2.45, 2.75) is 0 Å². The molecule has 2 aromatic carbocycles. The fourth-order valence-electron chi connectivity index (χ4n) is 1.64. The van der Waals surface area contributed by atoms with Crippen molar-refractivity contribution < 1.29 is 4.79 Å². The van der Waals surface area contributed by atoms with E-state index in [0.717, 1.165) is 20.1 Å². The molecule has 4 heteroatoms. The molecule has 0 radical (unpaired) electrons. The van der Waals surface area contributed by atoms with Crippen molar-refractivity contribution in [3.05, 3.63) is 57.0 Å². The van der Waals surface area contributed by atoms with E-state index in [2.05, 4.69) is 31.9 Å². The first-order chi connectivity index (χ1) is 8.11. The fourth-order valence-corrected chi connectivity index (χ4v) is 2.55. The van der Waals surface area contributed by atoms with E-state index in [1.54, 1.807) is 12.1 Å². The second-order valence-corrected chi connectivity index (χ2v) is 5.16. The van der Waals surface area contributed by atoms with Crippen molar-refractivity contribution in [2.75, 3.05) is 0 Å². The number of carbonyl (C=O) groups is 1. The molecule has 0 aliphatic heterocycles. The van der Waals surface area contributed by atoms with Crippen molar-refractivity contribution in [3.63, 3.8) is 0 Å². The topological polar surface area (TPSA) is 43.1 Å². The van der Waals surface area contributed by atoms with Crippen LogP contribution in [0.5, 0.6) is 0 Å². The number of primary amides is 1. The predicted octanol–water partition coefficient (Wildman–Crippen LogP) is 3.98. The van der Waals surface area contributed by atoms with Crippen molar-refractivity contribution >= 4 is 37.8 Å². The van der Waals surface area contributed by atoms with Gasteiger partial charge >= 0.3 is 0 Å². The van der Waals surface area contributed by atoms with E-state index in [9.17, 15) is 4.79 Å². The minimum Gasteiger partial charge on any atom is -0.366 e. The predicted molar refractivity (Wildman–Crippen MR) is 75.8 cm³/mol. The zero-order chi connectivity index (χ0) is 12.4. The van der Waals surface area contributed by atoms with Crippen molar-refractivity contribution in [2.24, 2.45) is 5.73 Å². The highest BCUT2D eigenvalue weighted by molar-refractivity contribution is 9.13. The first-order valence-corrected chi connectivity index (χ1v) is 6.53. The van der Waals surface area contributed by atoms with Gasteiger partial charge in [0.15, 0.2) is 0 Å². The highest BCUT2D eigenvalue weighted by Crippen LogP contribution is 2.36. The number of hydrogen-bond acceptors (Lipinski definition) is 1. The highest BCUT2D eigenvalue weighted by Gasteiger charge is 2.15. The Hall–Kier alpha value is -1.13. The van der Waals surface area contributed by atoms with E-state index in [4.69, 9.17) is 5.73 Å². The maximum absolute atomic E-state index is 11.4. The molecule has 17 heavy (non-hydrogen) atoms. The quantitative estimate of drug-likeness (QED) is 0.870. The van der Waals surface area contributed by atoms with Gasteiger partial charge in [-0.3, -0.25) is 4.79 Å². The average Bonchev–Trinajstić information content (AvgIpc) is 2.33. The van der Waals surface area contributed by atoms with Gasteiger partial charge in [0.2, 0.25) is 5.91 Å². The average molecular weight is 355 g/mol. The van der Waals surface area contributed by atoms with Gasteiger partial charge in [-0.1, -0.05) is 30.3 Å². The van der Waals surface area contributed by atoms with E-state index >= 15 is 0 Å².